The van der Waals surface area contributed by atoms with Crippen molar-refractivity contribution in [2.24, 2.45) is 0 Å². The number of H-pyrrole nitrogens is 1. The van der Waals surface area contributed by atoms with Crippen LogP contribution in [0.3, 0.4) is 0 Å². The number of aromatic amines is 1. The molecule has 0 aliphatic rings. The molecular weight excluding hydrogens is 156 g/mol. The van der Waals surface area contributed by atoms with Crippen LogP contribution in [-0.2, 0) is 0 Å². The average molecular weight is 162 g/mol. The average Bonchev–Trinajstić information content (AvgIpc) is 2.57. The van der Waals surface area contributed by atoms with Gasteiger partial charge in [0.25, 0.3) is 5.56 Å². The largest absolute Gasteiger partial charge is 0.472 e. The molecule has 0 aromatic carbocycles. The van der Waals surface area contributed by atoms with Crippen molar-refractivity contribution < 1.29 is 4.42 Å². The molecule has 0 unspecified atom stereocenters. The summed E-state index contributed by atoms with van der Waals surface area (Å²) < 4.78 is 4.85. The minimum Gasteiger partial charge on any atom is -0.472 e. The fraction of sp³-hybridized carbons (Fsp3) is 0. The van der Waals surface area contributed by atoms with Crippen molar-refractivity contribution in [1.29, 1.82) is 0 Å². The van der Waals surface area contributed by atoms with Gasteiger partial charge in [-0.15, -0.1) is 0 Å². The Labute approximate surface area is 67.9 Å². The van der Waals surface area contributed by atoms with Crippen molar-refractivity contribution in [3.8, 4) is 11.1 Å². The monoisotopic (exact) mass is 162 g/mol. The van der Waals surface area contributed by atoms with Gasteiger partial charge in [-0.05, 0) is 12.1 Å². The summed E-state index contributed by atoms with van der Waals surface area (Å²) in [4.78, 5) is 11.2. The molecule has 0 aliphatic heterocycles. The third-order valence-corrected chi connectivity index (χ3v) is 1.56. The fourth-order valence-electron chi connectivity index (χ4n) is 0.989. The van der Waals surface area contributed by atoms with Crippen LogP contribution >= 0.6 is 0 Å². The normalized spacial score (nSPS) is 10.0. The lowest BCUT2D eigenvalue weighted by Crippen LogP contribution is -2.08. The number of furan rings is 1. The van der Waals surface area contributed by atoms with Crippen molar-refractivity contribution in [2.45, 2.75) is 0 Å². The van der Waals surface area contributed by atoms with Crippen LogP contribution in [0.4, 0.5) is 0 Å². The van der Waals surface area contributed by atoms with Crippen molar-refractivity contribution >= 4 is 0 Å². The van der Waals surface area contributed by atoms with Gasteiger partial charge < -0.3 is 4.42 Å². The first kappa shape index (κ1) is 6.84. The first-order valence-corrected chi connectivity index (χ1v) is 3.44. The Hall–Kier alpha value is -1.84. The molecule has 4 heteroatoms. The van der Waals surface area contributed by atoms with Crippen LogP contribution in [0.1, 0.15) is 0 Å². The molecule has 0 aliphatic carbocycles. The molecule has 0 saturated heterocycles. The molecule has 0 atom stereocenters. The quantitative estimate of drug-likeness (QED) is 0.681. The third kappa shape index (κ3) is 1.03. The first-order chi connectivity index (χ1) is 5.88. The van der Waals surface area contributed by atoms with Gasteiger partial charge in [0.15, 0.2) is 0 Å². The van der Waals surface area contributed by atoms with E-state index in [1.165, 1.54) is 18.7 Å². The molecule has 12 heavy (non-hydrogen) atoms. The molecule has 0 amide bonds. The summed E-state index contributed by atoms with van der Waals surface area (Å²) in [5.74, 6) is 0. The summed E-state index contributed by atoms with van der Waals surface area (Å²) in [5.41, 5.74) is 1.12. The maximum atomic E-state index is 11.2. The van der Waals surface area contributed by atoms with Gasteiger partial charge in [0, 0.05) is 11.8 Å². The van der Waals surface area contributed by atoms with Gasteiger partial charge in [0.05, 0.1) is 18.1 Å². The van der Waals surface area contributed by atoms with E-state index in [1.807, 2.05) is 0 Å². The number of nitrogens with one attached hydrogen (secondary N) is 1. The minimum atomic E-state index is -0.209. The van der Waals surface area contributed by atoms with Crippen molar-refractivity contribution in [1.82, 2.24) is 10.2 Å². The summed E-state index contributed by atoms with van der Waals surface area (Å²) in [7, 11) is 0. The van der Waals surface area contributed by atoms with Crippen molar-refractivity contribution in [3.63, 3.8) is 0 Å². The predicted octanol–water partition coefficient (Wildman–Crippen LogP) is 1.03. The zero-order valence-electron chi connectivity index (χ0n) is 6.15. The number of hydrogen-bond donors (Lipinski definition) is 1. The van der Waals surface area contributed by atoms with Crippen LogP contribution in [0.25, 0.3) is 11.1 Å². The summed E-state index contributed by atoms with van der Waals surface area (Å²) >= 11 is 0. The summed E-state index contributed by atoms with van der Waals surface area (Å²) in [6.07, 6.45) is 4.57. The van der Waals surface area contributed by atoms with E-state index in [-0.39, 0.29) is 5.56 Å². The van der Waals surface area contributed by atoms with Crippen molar-refractivity contribution in [3.05, 3.63) is 41.2 Å². The minimum absolute atomic E-state index is 0.209. The van der Waals surface area contributed by atoms with Gasteiger partial charge in [0.1, 0.15) is 0 Å². The van der Waals surface area contributed by atoms with E-state index in [9.17, 15) is 4.79 Å². The number of hydrogen-bond acceptors (Lipinski definition) is 3. The summed E-state index contributed by atoms with van der Waals surface area (Å²) in [6.45, 7) is 0. The zero-order chi connectivity index (χ0) is 8.39. The van der Waals surface area contributed by atoms with Gasteiger partial charge in [-0.3, -0.25) is 4.79 Å². The molecule has 2 heterocycles. The Kier molecular flexibility index (Phi) is 1.51. The molecule has 2 aromatic heterocycles. The lowest BCUT2D eigenvalue weighted by molar-refractivity contribution is 0.568. The second kappa shape index (κ2) is 2.65. The van der Waals surface area contributed by atoms with E-state index in [0.717, 1.165) is 5.56 Å². The highest BCUT2D eigenvalue weighted by molar-refractivity contribution is 5.59. The van der Waals surface area contributed by atoms with E-state index in [4.69, 9.17) is 4.42 Å². The van der Waals surface area contributed by atoms with Crippen LogP contribution < -0.4 is 5.56 Å². The Morgan fingerprint density at radius 2 is 2.33 bits per heavy atom. The van der Waals surface area contributed by atoms with E-state index < -0.39 is 0 Å². The third-order valence-electron chi connectivity index (χ3n) is 1.56. The first-order valence-electron chi connectivity index (χ1n) is 3.44. The highest BCUT2D eigenvalue weighted by atomic mass is 16.3. The molecule has 0 radical (unpaired) electrons. The maximum Gasteiger partial charge on any atom is 0.272 e. The van der Waals surface area contributed by atoms with Gasteiger partial charge in [-0.2, -0.15) is 5.10 Å². The van der Waals surface area contributed by atoms with E-state index >= 15 is 0 Å². The van der Waals surface area contributed by atoms with Crippen LogP contribution in [0.15, 0.2) is 40.1 Å². The van der Waals surface area contributed by atoms with Gasteiger partial charge in [0.2, 0.25) is 0 Å². The lowest BCUT2D eigenvalue weighted by atomic mass is 10.2. The second-order valence-electron chi connectivity index (χ2n) is 2.31. The SMILES string of the molecule is O=c1[nH]nccc1-c1ccoc1. The van der Waals surface area contributed by atoms with Crippen LogP contribution in [0, 0.1) is 0 Å². The molecule has 0 fully saturated rings. The molecule has 0 spiro atoms. The second-order valence-corrected chi connectivity index (χ2v) is 2.31. The Morgan fingerprint density at radius 1 is 1.42 bits per heavy atom. The molecule has 0 bridgehead atoms. The topological polar surface area (TPSA) is 58.9 Å². The van der Waals surface area contributed by atoms with E-state index in [1.54, 1.807) is 12.1 Å². The highest BCUT2D eigenvalue weighted by Crippen LogP contribution is 2.13. The standard InChI is InChI=1S/C8H6N2O2/c11-8-7(1-3-9-10-8)6-2-4-12-5-6/h1-5H,(H,10,11). The highest BCUT2D eigenvalue weighted by Gasteiger charge is 2.02. The number of nitrogens with zero attached hydrogens (tertiary/aromatic N) is 1. The molecule has 1 N–H and O–H groups in total. The van der Waals surface area contributed by atoms with E-state index in [2.05, 4.69) is 10.2 Å². The molecule has 60 valence electrons. The lowest BCUT2D eigenvalue weighted by Gasteiger charge is -1.91. The Balaban J connectivity index is 2.63. The fourth-order valence-corrected chi connectivity index (χ4v) is 0.989. The smallest absolute Gasteiger partial charge is 0.272 e. The Morgan fingerprint density at radius 3 is 3.00 bits per heavy atom. The number of rotatable bonds is 1. The zero-order valence-corrected chi connectivity index (χ0v) is 6.15. The van der Waals surface area contributed by atoms with Gasteiger partial charge >= 0.3 is 0 Å². The van der Waals surface area contributed by atoms with Crippen LogP contribution in [0.2, 0.25) is 0 Å². The molecule has 2 rings (SSSR count). The summed E-state index contributed by atoms with van der Waals surface area (Å²) in [6, 6.07) is 3.37. The van der Waals surface area contributed by atoms with Gasteiger partial charge in [-0.1, -0.05) is 0 Å². The Bertz CT molecular complexity index is 417. The molecular formula is C8H6N2O2. The number of aromatic nitrogens is 2. The van der Waals surface area contributed by atoms with Crippen molar-refractivity contribution in [2.75, 3.05) is 0 Å². The summed E-state index contributed by atoms with van der Waals surface area (Å²) in [5, 5.41) is 5.93. The molecule has 4 nitrogen and oxygen atoms in total. The predicted molar refractivity (Wildman–Crippen MR) is 42.6 cm³/mol. The maximum absolute atomic E-state index is 11.2. The van der Waals surface area contributed by atoms with Crippen LogP contribution in [0.5, 0.6) is 0 Å². The van der Waals surface area contributed by atoms with Crippen LogP contribution in [-0.4, -0.2) is 10.2 Å². The molecule has 0 saturated carbocycles. The van der Waals surface area contributed by atoms with Gasteiger partial charge in [-0.25, -0.2) is 5.10 Å². The molecule has 2 aromatic rings. The van der Waals surface area contributed by atoms with E-state index in [0.29, 0.717) is 5.56 Å².